The highest BCUT2D eigenvalue weighted by Gasteiger charge is 2.20. The molecule has 0 aliphatic heterocycles. The summed E-state index contributed by atoms with van der Waals surface area (Å²) in [6.45, 7) is 0. The van der Waals surface area contributed by atoms with Crippen molar-refractivity contribution in [2.75, 3.05) is 0 Å². The summed E-state index contributed by atoms with van der Waals surface area (Å²) >= 11 is 5.48. The predicted molar refractivity (Wildman–Crippen MR) is 225 cm³/mol. The highest BCUT2D eigenvalue weighted by molar-refractivity contribution is 7.25. The normalized spacial score (nSPS) is 11.8. The van der Waals surface area contributed by atoms with Gasteiger partial charge in [0.2, 0.25) is 0 Å². The summed E-state index contributed by atoms with van der Waals surface area (Å²) in [5, 5.41) is 17.0. The first kappa shape index (κ1) is 29.0. The van der Waals surface area contributed by atoms with E-state index in [1.807, 2.05) is 28.7 Å². The minimum atomic E-state index is 1.12. The Morgan fingerprint density at radius 1 is 0.373 bits per heavy atom. The largest absolute Gasteiger partial charge is 0.144 e. The quantitative estimate of drug-likeness (QED) is 0.161. The number of hydrogen-bond acceptors (Lipinski definition) is 3. The van der Waals surface area contributed by atoms with Gasteiger partial charge < -0.3 is 0 Å². The molecule has 11 aromatic rings. The van der Waals surface area contributed by atoms with Crippen LogP contribution in [0.2, 0.25) is 0 Å². The Bertz CT molecular complexity index is 3010. The van der Waals surface area contributed by atoms with Crippen molar-refractivity contribution in [1.29, 1.82) is 0 Å². The fourth-order valence-electron chi connectivity index (χ4n) is 8.20. The van der Waals surface area contributed by atoms with Gasteiger partial charge in [-0.1, -0.05) is 115 Å². The Morgan fingerprint density at radius 3 is 1.55 bits per heavy atom. The Labute approximate surface area is 307 Å². The lowest BCUT2D eigenvalue weighted by Gasteiger charge is -2.17. The molecule has 0 aliphatic rings. The predicted octanol–water partition coefficient (Wildman–Crippen LogP) is 15.1. The highest BCUT2D eigenvalue weighted by atomic mass is 32.1. The summed E-state index contributed by atoms with van der Waals surface area (Å²) in [5.41, 5.74) is 7.62. The van der Waals surface area contributed by atoms with Crippen molar-refractivity contribution in [3.63, 3.8) is 0 Å². The average molecular weight is 699 g/mol. The van der Waals surface area contributed by atoms with Crippen LogP contribution in [0.25, 0.3) is 106 Å². The van der Waals surface area contributed by atoms with Crippen LogP contribution in [0.5, 0.6) is 0 Å². The summed E-state index contributed by atoms with van der Waals surface area (Å²) in [4.78, 5) is 2.57. The van der Waals surface area contributed by atoms with E-state index in [1.54, 1.807) is 11.3 Å². The van der Waals surface area contributed by atoms with E-state index in [1.165, 1.54) is 101 Å². The Morgan fingerprint density at radius 2 is 0.922 bits per heavy atom. The lowest BCUT2D eigenvalue weighted by Crippen LogP contribution is -1.89. The summed E-state index contributed by atoms with van der Waals surface area (Å²) in [7, 11) is 0. The lowest BCUT2D eigenvalue weighted by atomic mass is 9.87. The topological polar surface area (TPSA) is 0 Å². The minimum absolute atomic E-state index is 1.12. The number of thiophene rings is 3. The molecule has 0 fully saturated rings. The van der Waals surface area contributed by atoms with Gasteiger partial charge in [0.1, 0.15) is 0 Å². The summed E-state index contributed by atoms with van der Waals surface area (Å²) < 4.78 is 2.61. The summed E-state index contributed by atoms with van der Waals surface area (Å²) in [6.07, 6.45) is 0. The van der Waals surface area contributed by atoms with Crippen LogP contribution < -0.4 is 0 Å². The first-order valence-electron chi connectivity index (χ1n) is 17.1. The van der Waals surface area contributed by atoms with Crippen molar-refractivity contribution < 1.29 is 0 Å². The maximum Gasteiger partial charge on any atom is 0.0420 e. The van der Waals surface area contributed by atoms with Gasteiger partial charge in [0.15, 0.2) is 0 Å². The molecule has 0 saturated carbocycles. The van der Waals surface area contributed by atoms with E-state index in [4.69, 9.17) is 0 Å². The first-order chi connectivity index (χ1) is 25.3. The number of hydrogen-bond donors (Lipinski definition) is 0. The molecule has 0 saturated heterocycles. The maximum atomic E-state index is 3.51. The van der Waals surface area contributed by atoms with Gasteiger partial charge in [-0.15, -0.1) is 34.0 Å². The molecular weight excluding hydrogens is 673 g/mol. The minimum Gasteiger partial charge on any atom is -0.144 e. The van der Waals surface area contributed by atoms with Crippen LogP contribution in [0.15, 0.2) is 156 Å². The third-order valence-electron chi connectivity index (χ3n) is 10.3. The zero-order valence-electron chi connectivity index (χ0n) is 27.2. The molecule has 8 aromatic carbocycles. The van der Waals surface area contributed by atoms with Gasteiger partial charge in [0.05, 0.1) is 0 Å². The fourth-order valence-corrected chi connectivity index (χ4v) is 10.9. The highest BCUT2D eigenvalue weighted by Crippen LogP contribution is 2.48. The molecule has 236 valence electrons. The van der Waals surface area contributed by atoms with Gasteiger partial charge in [-0.2, -0.15) is 0 Å². The number of benzene rings is 7. The molecule has 0 nitrogen and oxygen atoms in total. The van der Waals surface area contributed by atoms with Gasteiger partial charge >= 0.3 is 0 Å². The average Bonchev–Trinajstić information content (AvgIpc) is 3.98. The van der Waals surface area contributed by atoms with Crippen LogP contribution in [0, 0.1) is 12.1 Å². The molecule has 0 unspecified atom stereocenters. The van der Waals surface area contributed by atoms with E-state index in [0.717, 1.165) is 5.39 Å². The molecule has 3 aromatic heterocycles. The van der Waals surface area contributed by atoms with Crippen molar-refractivity contribution in [3.05, 3.63) is 168 Å². The van der Waals surface area contributed by atoms with Crippen LogP contribution >= 0.6 is 34.0 Å². The first-order valence-corrected chi connectivity index (χ1v) is 19.6. The second-order valence-electron chi connectivity index (χ2n) is 13.0. The molecule has 0 N–H and O–H groups in total. The van der Waals surface area contributed by atoms with Gasteiger partial charge in [-0.05, 0) is 113 Å². The van der Waals surface area contributed by atoms with Crippen molar-refractivity contribution in [3.8, 4) is 43.1 Å². The molecule has 11 rings (SSSR count). The molecule has 0 atom stereocenters. The lowest BCUT2D eigenvalue weighted by molar-refractivity contribution is 1.72. The van der Waals surface area contributed by atoms with E-state index in [2.05, 4.69) is 162 Å². The molecule has 0 aliphatic carbocycles. The van der Waals surface area contributed by atoms with Crippen LogP contribution in [-0.4, -0.2) is 0 Å². The van der Waals surface area contributed by atoms with Gasteiger partial charge in [-0.25, -0.2) is 0 Å². The zero-order valence-corrected chi connectivity index (χ0v) is 29.7. The molecule has 3 heteroatoms. The fraction of sp³-hybridized carbons (Fsp3) is 0. The van der Waals surface area contributed by atoms with E-state index >= 15 is 0 Å². The van der Waals surface area contributed by atoms with Crippen LogP contribution in [-0.2, 0) is 0 Å². The summed E-state index contributed by atoms with van der Waals surface area (Å²) in [5.74, 6) is 0. The SMILES string of the molecule is c1ccc2c(-c3ccc4sc5cc(-c6c7ccccc7c(-c7cccs7)c7ccccc67)ccc5c4c3)c3ccccc3c(-c3cccs3)c2c#1. The maximum absolute atomic E-state index is 3.51. The second-order valence-corrected chi connectivity index (χ2v) is 16.0. The molecule has 0 radical (unpaired) electrons. The Kier molecular flexibility index (Phi) is 6.48. The van der Waals surface area contributed by atoms with E-state index in [-0.39, 0.29) is 0 Å². The van der Waals surface area contributed by atoms with E-state index in [0.29, 0.717) is 0 Å². The third-order valence-corrected chi connectivity index (χ3v) is 13.2. The molecule has 0 bridgehead atoms. The van der Waals surface area contributed by atoms with Crippen molar-refractivity contribution in [2.45, 2.75) is 0 Å². The number of rotatable bonds is 4. The van der Waals surface area contributed by atoms with Gasteiger partial charge in [0.25, 0.3) is 0 Å². The van der Waals surface area contributed by atoms with Crippen LogP contribution in [0.3, 0.4) is 0 Å². The van der Waals surface area contributed by atoms with Crippen molar-refractivity contribution in [1.82, 2.24) is 0 Å². The van der Waals surface area contributed by atoms with Crippen molar-refractivity contribution in [2.24, 2.45) is 0 Å². The molecule has 0 amide bonds. The van der Waals surface area contributed by atoms with Crippen LogP contribution in [0.1, 0.15) is 0 Å². The zero-order chi connectivity index (χ0) is 33.5. The third kappa shape index (κ3) is 4.38. The molecule has 51 heavy (non-hydrogen) atoms. The van der Waals surface area contributed by atoms with Crippen molar-refractivity contribution >= 4 is 97.3 Å². The van der Waals surface area contributed by atoms with Crippen LogP contribution in [0.4, 0.5) is 0 Å². The molecule has 3 heterocycles. The second kappa shape index (κ2) is 11.4. The summed E-state index contributed by atoms with van der Waals surface area (Å²) in [6, 6.07) is 60.6. The van der Waals surface area contributed by atoms with E-state index < -0.39 is 0 Å². The van der Waals surface area contributed by atoms with Gasteiger partial charge in [-0.3, -0.25) is 0 Å². The molecule has 0 spiro atoms. The van der Waals surface area contributed by atoms with Gasteiger partial charge in [0, 0.05) is 46.4 Å². The monoisotopic (exact) mass is 698 g/mol. The Hall–Kier alpha value is -5.76. The number of fused-ring (bicyclic) bond motifs is 7. The smallest absolute Gasteiger partial charge is 0.0420 e. The van der Waals surface area contributed by atoms with E-state index in [9.17, 15) is 0 Å². The standard InChI is InChI=1S/C48H26S3/c1-5-15-36-32(11-1)45(33-12-2-6-16-37(33)47(36)42-19-9-25-49-42)29-22-24-41-40(27-29)31-23-21-30(28-44(31)51-41)46-34-13-3-7-17-38(34)48(43-20-10-26-50-43)39-18-8-4-14-35(39)46/h1-5,7-15,17-28H. The Balaban J connectivity index is 1.13. The molecular formula is C48H26S3.